The summed E-state index contributed by atoms with van der Waals surface area (Å²) < 4.78 is 0. The average molecular weight is 557 g/mol. The van der Waals surface area contributed by atoms with Crippen LogP contribution in [0.25, 0.3) is 5.76 Å². The first-order chi connectivity index (χ1) is 16.9. The molecular formula is C24H29ClN2O11. The number of carboxylic acids is 1. The molecule has 9 N–H and O–H groups in total. The number of phenolic OH excluding ortho intramolecular Hbond substituents is 1. The molecule has 208 valence electrons. The number of phenols is 1. The van der Waals surface area contributed by atoms with E-state index in [0.29, 0.717) is 0 Å². The molecule has 0 heterocycles. The molecule has 0 spiro atoms. The van der Waals surface area contributed by atoms with Gasteiger partial charge in [-0.25, -0.2) is 0 Å². The molecule has 0 unspecified atom stereocenters. The molecule has 4 rings (SSSR count). The molecule has 6 atom stereocenters. The van der Waals surface area contributed by atoms with Gasteiger partial charge >= 0.3 is 0 Å². The highest BCUT2D eigenvalue weighted by atomic mass is 35.5. The molecular weight excluding hydrogens is 528 g/mol. The molecule has 1 aromatic carbocycles. The predicted molar refractivity (Wildman–Crippen MR) is 132 cm³/mol. The van der Waals surface area contributed by atoms with Gasteiger partial charge in [0.2, 0.25) is 5.78 Å². The molecule has 0 bridgehead atoms. The van der Waals surface area contributed by atoms with Crippen molar-refractivity contribution in [3.05, 3.63) is 46.2 Å². The number of aliphatic carboxylic acids is 1. The molecule has 1 saturated carbocycles. The van der Waals surface area contributed by atoms with Crippen molar-refractivity contribution in [3.8, 4) is 5.75 Å². The summed E-state index contributed by atoms with van der Waals surface area (Å²) in [7, 11) is 2.80. The average Bonchev–Trinajstić information content (AvgIpc) is 2.75. The number of Topliss-reactive ketones (excluding diaryl/α,β-unsaturated/α-hetero) is 2. The maximum absolute atomic E-state index is 13.7. The molecule has 3 aliphatic rings. The van der Waals surface area contributed by atoms with Crippen LogP contribution in [0.2, 0.25) is 0 Å². The molecule has 0 radical (unpaired) electrons. The van der Waals surface area contributed by atoms with E-state index in [1.54, 1.807) is 0 Å². The van der Waals surface area contributed by atoms with Crippen LogP contribution < -0.4 is 5.73 Å². The fraction of sp³-hybridized carbons (Fsp3) is 0.417. The van der Waals surface area contributed by atoms with E-state index in [1.165, 1.54) is 44.1 Å². The van der Waals surface area contributed by atoms with E-state index < -0.39 is 87.0 Å². The number of rotatable bonds is 2. The van der Waals surface area contributed by atoms with Gasteiger partial charge in [0.15, 0.2) is 11.4 Å². The van der Waals surface area contributed by atoms with E-state index in [1.807, 2.05) is 0 Å². The quantitative estimate of drug-likeness (QED) is 0.207. The molecule has 0 aromatic heterocycles. The fourth-order valence-corrected chi connectivity index (χ4v) is 5.60. The van der Waals surface area contributed by atoms with Gasteiger partial charge in [-0.1, -0.05) is 12.1 Å². The smallest absolute Gasteiger partial charge is 0.300 e. The standard InChI is InChI=1S/C22H24N2O9.C2H4O2.ClH/c1-21(32)7-5-4-6-8(25)9(7)15(26)10-12(21)17(28)13-14(24(2)3)16(27)11(20(23)31)19(30)22(13,33)18(10)29;1-2(3)4;/h4-6,12-14,17,25-26,28,30,32-33H,1-3H3,(H2,23,31);1H3,(H,3,4);1H/t12-,13-,14+,17+,21-,22+;;/m1../s1. The summed E-state index contributed by atoms with van der Waals surface area (Å²) in [5.74, 6) is -10.5. The summed E-state index contributed by atoms with van der Waals surface area (Å²) in [5, 5.41) is 73.8. The first-order valence-corrected chi connectivity index (χ1v) is 11.0. The Kier molecular flexibility index (Phi) is 8.09. The predicted octanol–water partition coefficient (Wildman–Crippen LogP) is -0.887. The lowest BCUT2D eigenvalue weighted by molar-refractivity contribution is -0.181. The number of ketones is 2. The third kappa shape index (κ3) is 4.12. The second-order valence-electron chi connectivity index (χ2n) is 9.58. The molecule has 1 fully saturated rings. The Hall–Kier alpha value is -3.49. The van der Waals surface area contributed by atoms with Crippen LogP contribution in [0, 0.1) is 11.8 Å². The number of hydrogen-bond donors (Lipinski definition) is 8. The lowest BCUT2D eigenvalue weighted by Crippen LogP contribution is -2.71. The number of halogens is 1. The third-order valence-corrected chi connectivity index (χ3v) is 7.03. The highest BCUT2D eigenvalue weighted by molar-refractivity contribution is 6.24. The highest BCUT2D eigenvalue weighted by Crippen LogP contribution is 2.57. The van der Waals surface area contributed by atoms with E-state index in [2.05, 4.69) is 0 Å². The zero-order valence-corrected chi connectivity index (χ0v) is 21.6. The monoisotopic (exact) mass is 556 g/mol. The molecule has 38 heavy (non-hydrogen) atoms. The maximum Gasteiger partial charge on any atom is 0.300 e. The number of carboxylic acid groups (broad SMARTS) is 1. The maximum atomic E-state index is 13.7. The summed E-state index contributed by atoms with van der Waals surface area (Å²) >= 11 is 0. The zero-order chi connectivity index (χ0) is 28.4. The van der Waals surface area contributed by atoms with Crippen molar-refractivity contribution >= 4 is 41.6 Å². The minimum absolute atomic E-state index is 0. The number of carbonyl (C=O) groups excluding carboxylic acids is 3. The zero-order valence-electron chi connectivity index (χ0n) is 20.7. The summed E-state index contributed by atoms with van der Waals surface area (Å²) in [6, 6.07) is 2.50. The lowest BCUT2D eigenvalue weighted by atomic mass is 9.53. The van der Waals surface area contributed by atoms with Crippen molar-refractivity contribution in [1.82, 2.24) is 4.90 Å². The number of amides is 1. The number of nitrogens with zero attached hydrogens (tertiary/aromatic N) is 1. The van der Waals surface area contributed by atoms with Crippen LogP contribution in [0.1, 0.15) is 25.0 Å². The Labute approximate surface area is 222 Å². The van der Waals surface area contributed by atoms with Gasteiger partial charge in [-0.15, -0.1) is 12.4 Å². The van der Waals surface area contributed by atoms with Crippen molar-refractivity contribution in [2.45, 2.75) is 37.2 Å². The Morgan fingerprint density at radius 2 is 1.61 bits per heavy atom. The van der Waals surface area contributed by atoms with Crippen molar-refractivity contribution in [2.24, 2.45) is 17.6 Å². The van der Waals surface area contributed by atoms with Crippen molar-refractivity contribution in [1.29, 1.82) is 0 Å². The number of nitrogens with two attached hydrogens (primary N) is 1. The number of aliphatic hydroxyl groups excluding tert-OH is 3. The van der Waals surface area contributed by atoms with Crippen LogP contribution in [0.4, 0.5) is 0 Å². The minimum Gasteiger partial charge on any atom is -0.508 e. The fourth-order valence-electron chi connectivity index (χ4n) is 5.60. The van der Waals surface area contributed by atoms with Gasteiger partial charge in [0.1, 0.15) is 22.8 Å². The molecule has 0 aliphatic heterocycles. The van der Waals surface area contributed by atoms with Gasteiger partial charge in [0.25, 0.3) is 11.9 Å². The second-order valence-corrected chi connectivity index (χ2v) is 9.58. The van der Waals surface area contributed by atoms with Crippen molar-refractivity contribution in [3.63, 3.8) is 0 Å². The van der Waals surface area contributed by atoms with Crippen LogP contribution in [0.3, 0.4) is 0 Å². The van der Waals surface area contributed by atoms with Gasteiger partial charge in [-0.05, 0) is 32.6 Å². The van der Waals surface area contributed by atoms with Gasteiger partial charge in [0, 0.05) is 6.92 Å². The van der Waals surface area contributed by atoms with E-state index >= 15 is 0 Å². The summed E-state index contributed by atoms with van der Waals surface area (Å²) in [4.78, 5) is 48.9. The highest BCUT2D eigenvalue weighted by Gasteiger charge is 2.70. The van der Waals surface area contributed by atoms with E-state index in [0.717, 1.165) is 6.92 Å². The Balaban J connectivity index is 0.000000947. The topological polar surface area (TPSA) is 239 Å². The van der Waals surface area contributed by atoms with Crippen LogP contribution >= 0.6 is 12.4 Å². The number of aromatic hydroxyl groups is 1. The summed E-state index contributed by atoms with van der Waals surface area (Å²) in [6.07, 6.45) is -1.87. The molecule has 14 heteroatoms. The number of aliphatic hydroxyl groups is 5. The van der Waals surface area contributed by atoms with Crippen molar-refractivity contribution in [2.75, 3.05) is 14.1 Å². The Morgan fingerprint density at radius 1 is 1.08 bits per heavy atom. The Morgan fingerprint density at radius 3 is 2.08 bits per heavy atom. The van der Waals surface area contributed by atoms with Crippen LogP contribution in [0.5, 0.6) is 5.75 Å². The molecule has 0 saturated heterocycles. The first-order valence-electron chi connectivity index (χ1n) is 11.0. The number of fused-ring (bicyclic) bond motifs is 3. The number of primary amides is 1. The lowest BCUT2D eigenvalue weighted by Gasteiger charge is -2.55. The summed E-state index contributed by atoms with van der Waals surface area (Å²) in [5.41, 5.74) is -1.78. The van der Waals surface area contributed by atoms with Gasteiger partial charge < -0.3 is 41.5 Å². The van der Waals surface area contributed by atoms with Crippen LogP contribution in [-0.2, 0) is 24.8 Å². The molecule has 13 nitrogen and oxygen atoms in total. The van der Waals surface area contributed by atoms with Gasteiger partial charge in [-0.2, -0.15) is 0 Å². The van der Waals surface area contributed by atoms with Crippen molar-refractivity contribution < 1.29 is 54.9 Å². The van der Waals surface area contributed by atoms with E-state index in [9.17, 15) is 45.0 Å². The summed E-state index contributed by atoms with van der Waals surface area (Å²) in [6.45, 7) is 2.34. The largest absolute Gasteiger partial charge is 0.508 e. The SMILES string of the molecule is CC(=O)O.CN(C)[C@@H]1C(=O)C(C(N)=O)=C(O)[C@@]2(O)C(=O)C3=C(O)c4c(O)cccc4[C@@](C)(O)[C@H]3[C@H](O)[C@@H]12.Cl. The number of benzene rings is 1. The second kappa shape index (κ2) is 10.0. The van der Waals surface area contributed by atoms with E-state index in [4.69, 9.17) is 15.6 Å². The third-order valence-electron chi connectivity index (χ3n) is 7.03. The van der Waals surface area contributed by atoms with Crippen LogP contribution in [-0.4, -0.2) is 95.9 Å². The van der Waals surface area contributed by atoms with Gasteiger partial charge in [-0.3, -0.25) is 24.1 Å². The molecule has 1 aromatic rings. The number of hydrogen-bond acceptors (Lipinski definition) is 11. The normalized spacial score (nSPS) is 31.9. The first kappa shape index (κ1) is 30.7. The molecule has 3 aliphatic carbocycles. The Bertz CT molecular complexity index is 1280. The number of carbonyl (C=O) groups is 4. The minimum atomic E-state index is -3.02. The number of likely N-dealkylation sites (N-methyl/N-ethyl adjacent to an activating group) is 1. The van der Waals surface area contributed by atoms with E-state index in [-0.39, 0.29) is 23.5 Å². The molecule has 1 amide bonds. The van der Waals surface area contributed by atoms with Crippen LogP contribution in [0.15, 0.2) is 35.1 Å². The van der Waals surface area contributed by atoms with Gasteiger partial charge in [0.05, 0.1) is 40.7 Å².